The molecule has 0 N–H and O–H groups in total. The van der Waals surface area contributed by atoms with Crippen molar-refractivity contribution in [3.8, 4) is 0 Å². The van der Waals surface area contributed by atoms with Crippen LogP contribution in [-0.4, -0.2) is 5.88 Å². The number of hydrogen-bond acceptors (Lipinski definition) is 0. The molecular weight excluding hydrogens is 168 g/mol. The van der Waals surface area contributed by atoms with Crippen molar-refractivity contribution in [2.24, 2.45) is 11.3 Å². The maximum atomic E-state index is 6.08. The summed E-state index contributed by atoms with van der Waals surface area (Å²) in [4.78, 5) is 0. The Hall–Kier alpha value is 0.0300. The number of alkyl halides is 1. The Morgan fingerprint density at radius 2 is 2.25 bits per heavy atom. The van der Waals surface area contributed by atoms with Crippen LogP contribution in [0.3, 0.4) is 0 Å². The SMILES string of the molecule is CCC(C)C1(CCl)CC=CCC1. The summed E-state index contributed by atoms with van der Waals surface area (Å²) in [6.07, 6.45) is 9.52. The van der Waals surface area contributed by atoms with Crippen molar-refractivity contribution in [1.29, 1.82) is 0 Å². The molecule has 0 aromatic rings. The third-order valence-corrected chi connectivity index (χ3v) is 3.96. The number of halogens is 1. The molecule has 1 heteroatoms. The molecule has 1 rings (SSSR count). The van der Waals surface area contributed by atoms with E-state index in [-0.39, 0.29) is 0 Å². The van der Waals surface area contributed by atoms with Gasteiger partial charge in [-0.2, -0.15) is 0 Å². The third kappa shape index (κ3) is 1.85. The molecule has 2 unspecified atom stereocenters. The second-order valence-electron chi connectivity index (χ2n) is 4.02. The minimum absolute atomic E-state index is 0.408. The number of allylic oxidation sites excluding steroid dienone is 2. The summed E-state index contributed by atoms with van der Waals surface area (Å²) in [6.45, 7) is 4.60. The van der Waals surface area contributed by atoms with Crippen LogP contribution < -0.4 is 0 Å². The molecule has 0 nitrogen and oxygen atoms in total. The molecule has 1 aliphatic rings. The average molecular weight is 187 g/mol. The summed E-state index contributed by atoms with van der Waals surface area (Å²) in [6, 6.07) is 0. The van der Waals surface area contributed by atoms with Gasteiger partial charge in [0.2, 0.25) is 0 Å². The van der Waals surface area contributed by atoms with Gasteiger partial charge in [-0.1, -0.05) is 32.4 Å². The molecule has 1 aliphatic carbocycles. The zero-order valence-corrected chi connectivity index (χ0v) is 8.90. The first kappa shape index (κ1) is 10.1. The first-order valence-corrected chi connectivity index (χ1v) is 5.49. The molecule has 0 spiro atoms. The molecule has 0 aliphatic heterocycles. The van der Waals surface area contributed by atoms with Crippen molar-refractivity contribution in [2.45, 2.75) is 39.5 Å². The van der Waals surface area contributed by atoms with E-state index >= 15 is 0 Å². The molecule has 0 amide bonds. The zero-order chi connectivity index (χ0) is 9.03. The van der Waals surface area contributed by atoms with E-state index in [1.807, 2.05) is 0 Å². The summed E-state index contributed by atoms with van der Waals surface area (Å²) < 4.78 is 0. The topological polar surface area (TPSA) is 0 Å². The van der Waals surface area contributed by atoms with Crippen molar-refractivity contribution in [1.82, 2.24) is 0 Å². The van der Waals surface area contributed by atoms with Gasteiger partial charge in [-0.25, -0.2) is 0 Å². The maximum Gasteiger partial charge on any atom is 0.0285 e. The van der Waals surface area contributed by atoms with Gasteiger partial charge in [-0.15, -0.1) is 11.6 Å². The van der Waals surface area contributed by atoms with Crippen molar-refractivity contribution in [3.05, 3.63) is 12.2 Å². The molecule has 0 fully saturated rings. The molecule has 0 bridgehead atoms. The van der Waals surface area contributed by atoms with E-state index in [1.54, 1.807) is 0 Å². The minimum atomic E-state index is 0.408. The first-order valence-electron chi connectivity index (χ1n) is 4.96. The molecule has 0 aromatic carbocycles. The van der Waals surface area contributed by atoms with Gasteiger partial charge in [0.1, 0.15) is 0 Å². The third-order valence-electron chi connectivity index (χ3n) is 3.42. The fraction of sp³-hybridized carbons (Fsp3) is 0.818. The summed E-state index contributed by atoms with van der Waals surface area (Å²) in [5.41, 5.74) is 0.408. The fourth-order valence-corrected chi connectivity index (χ4v) is 2.55. The molecule has 12 heavy (non-hydrogen) atoms. The van der Waals surface area contributed by atoms with Gasteiger partial charge in [-0.3, -0.25) is 0 Å². The average Bonchev–Trinajstić information content (AvgIpc) is 2.17. The molecule has 0 radical (unpaired) electrons. The Morgan fingerprint density at radius 1 is 1.50 bits per heavy atom. The Labute approximate surface area is 81.0 Å². The van der Waals surface area contributed by atoms with Crippen LogP contribution in [0.15, 0.2) is 12.2 Å². The molecule has 0 heterocycles. The standard InChI is InChI=1S/C11H19Cl/c1-3-10(2)11(9-12)7-5-4-6-8-11/h4-5,10H,3,6-9H2,1-2H3. The minimum Gasteiger partial charge on any atom is -0.126 e. The number of rotatable bonds is 3. The number of hydrogen-bond donors (Lipinski definition) is 0. The lowest BCUT2D eigenvalue weighted by molar-refractivity contribution is 0.181. The summed E-state index contributed by atoms with van der Waals surface area (Å²) in [5.74, 6) is 1.59. The predicted octanol–water partition coefficient (Wildman–Crippen LogP) is 4.00. The van der Waals surface area contributed by atoms with E-state index in [0.29, 0.717) is 5.41 Å². The monoisotopic (exact) mass is 186 g/mol. The van der Waals surface area contributed by atoms with E-state index in [1.165, 1.54) is 25.7 Å². The van der Waals surface area contributed by atoms with Crippen LogP contribution in [0.4, 0.5) is 0 Å². The lowest BCUT2D eigenvalue weighted by Gasteiger charge is -2.38. The quantitative estimate of drug-likeness (QED) is 0.462. The van der Waals surface area contributed by atoms with Gasteiger partial charge in [0.05, 0.1) is 0 Å². The van der Waals surface area contributed by atoms with E-state index in [2.05, 4.69) is 26.0 Å². The molecule has 0 saturated carbocycles. The Kier molecular flexibility index (Phi) is 3.64. The van der Waals surface area contributed by atoms with Crippen LogP contribution in [0.25, 0.3) is 0 Å². The van der Waals surface area contributed by atoms with Gasteiger partial charge >= 0.3 is 0 Å². The highest BCUT2D eigenvalue weighted by atomic mass is 35.5. The van der Waals surface area contributed by atoms with Gasteiger partial charge < -0.3 is 0 Å². The lowest BCUT2D eigenvalue weighted by atomic mass is 9.69. The largest absolute Gasteiger partial charge is 0.126 e. The fourth-order valence-electron chi connectivity index (χ4n) is 2.04. The molecule has 0 saturated heterocycles. The van der Waals surface area contributed by atoms with E-state index in [9.17, 15) is 0 Å². The molecule has 0 aromatic heterocycles. The molecular formula is C11H19Cl. The summed E-state index contributed by atoms with van der Waals surface area (Å²) in [5, 5.41) is 0. The van der Waals surface area contributed by atoms with E-state index < -0.39 is 0 Å². The van der Waals surface area contributed by atoms with Crippen LogP contribution in [0.2, 0.25) is 0 Å². The summed E-state index contributed by atoms with van der Waals surface area (Å²) in [7, 11) is 0. The van der Waals surface area contributed by atoms with Crippen LogP contribution in [0.5, 0.6) is 0 Å². The first-order chi connectivity index (χ1) is 5.75. The second kappa shape index (κ2) is 4.32. The van der Waals surface area contributed by atoms with Gasteiger partial charge in [0, 0.05) is 5.88 Å². The van der Waals surface area contributed by atoms with Gasteiger partial charge in [0.15, 0.2) is 0 Å². The highest BCUT2D eigenvalue weighted by molar-refractivity contribution is 6.18. The van der Waals surface area contributed by atoms with Crippen molar-refractivity contribution in [3.63, 3.8) is 0 Å². The smallest absolute Gasteiger partial charge is 0.0285 e. The van der Waals surface area contributed by atoms with Crippen LogP contribution in [0.1, 0.15) is 39.5 Å². The summed E-state index contributed by atoms with van der Waals surface area (Å²) >= 11 is 6.08. The maximum absolute atomic E-state index is 6.08. The van der Waals surface area contributed by atoms with Crippen molar-refractivity contribution >= 4 is 11.6 Å². The molecule has 70 valence electrons. The zero-order valence-electron chi connectivity index (χ0n) is 8.15. The van der Waals surface area contributed by atoms with Crippen LogP contribution in [0, 0.1) is 11.3 Å². The highest BCUT2D eigenvalue weighted by Gasteiger charge is 2.33. The predicted molar refractivity (Wildman–Crippen MR) is 55.6 cm³/mol. The Bertz CT molecular complexity index is 162. The highest BCUT2D eigenvalue weighted by Crippen LogP contribution is 2.42. The Balaban J connectivity index is 2.67. The van der Waals surface area contributed by atoms with Crippen molar-refractivity contribution in [2.75, 3.05) is 5.88 Å². The lowest BCUT2D eigenvalue weighted by Crippen LogP contribution is -2.31. The van der Waals surface area contributed by atoms with E-state index in [0.717, 1.165) is 11.8 Å². The Morgan fingerprint density at radius 3 is 2.67 bits per heavy atom. The second-order valence-corrected chi connectivity index (χ2v) is 4.29. The van der Waals surface area contributed by atoms with Gasteiger partial charge in [-0.05, 0) is 30.6 Å². The van der Waals surface area contributed by atoms with Gasteiger partial charge in [0.25, 0.3) is 0 Å². The van der Waals surface area contributed by atoms with Crippen molar-refractivity contribution < 1.29 is 0 Å². The van der Waals surface area contributed by atoms with Crippen LogP contribution in [-0.2, 0) is 0 Å². The molecule has 2 atom stereocenters. The van der Waals surface area contributed by atoms with E-state index in [4.69, 9.17) is 11.6 Å². The normalized spacial score (nSPS) is 31.9. The van der Waals surface area contributed by atoms with Crippen LogP contribution >= 0.6 is 11.6 Å².